The van der Waals surface area contributed by atoms with Crippen molar-refractivity contribution in [1.29, 1.82) is 0 Å². The highest BCUT2D eigenvalue weighted by Gasteiger charge is 2.49. The van der Waals surface area contributed by atoms with Crippen molar-refractivity contribution in [2.45, 2.75) is 19.0 Å². The van der Waals surface area contributed by atoms with Gasteiger partial charge in [0.25, 0.3) is 5.91 Å². The Morgan fingerprint density at radius 2 is 1.79 bits per heavy atom. The summed E-state index contributed by atoms with van der Waals surface area (Å²) in [6, 6.07) is 15.8. The van der Waals surface area contributed by atoms with Crippen LogP contribution in [0.2, 0.25) is 0 Å². The van der Waals surface area contributed by atoms with Gasteiger partial charge in [0.1, 0.15) is 23.7 Å². The Morgan fingerprint density at radius 1 is 1.06 bits per heavy atom. The van der Waals surface area contributed by atoms with E-state index in [2.05, 4.69) is 10.3 Å². The third-order valence-corrected chi connectivity index (χ3v) is 5.47. The maximum atomic E-state index is 14.6. The second kappa shape index (κ2) is 8.78. The van der Waals surface area contributed by atoms with E-state index in [0.29, 0.717) is 17.3 Å². The number of halogens is 2. The number of benzene rings is 2. The molecule has 33 heavy (non-hydrogen) atoms. The van der Waals surface area contributed by atoms with Crippen LogP contribution in [0.1, 0.15) is 18.2 Å². The van der Waals surface area contributed by atoms with E-state index < -0.39 is 41.6 Å². The van der Waals surface area contributed by atoms with Gasteiger partial charge in [0.15, 0.2) is 0 Å². The van der Waals surface area contributed by atoms with Crippen LogP contribution in [-0.2, 0) is 21.7 Å². The third-order valence-electron chi connectivity index (χ3n) is 5.47. The molecule has 1 aromatic heterocycles. The number of urea groups is 1. The molecule has 2 aromatic carbocycles. The normalized spacial score (nSPS) is 17.7. The summed E-state index contributed by atoms with van der Waals surface area (Å²) < 4.78 is 28.0. The molecule has 3 aromatic rings. The molecular weight excluding hydrogens is 430 g/mol. The molecule has 0 radical (unpaired) electrons. The summed E-state index contributed by atoms with van der Waals surface area (Å²) in [4.78, 5) is 45.0. The first-order chi connectivity index (χ1) is 15.8. The second-order valence-corrected chi connectivity index (χ2v) is 7.71. The van der Waals surface area contributed by atoms with Crippen LogP contribution < -0.4 is 10.2 Å². The summed E-state index contributed by atoms with van der Waals surface area (Å²) in [5, 5.41) is 2.63. The van der Waals surface area contributed by atoms with Crippen LogP contribution >= 0.6 is 0 Å². The highest BCUT2D eigenvalue weighted by atomic mass is 19.1. The number of aromatic nitrogens is 1. The second-order valence-electron chi connectivity index (χ2n) is 7.71. The highest BCUT2D eigenvalue weighted by molar-refractivity contribution is 6.10. The van der Waals surface area contributed by atoms with Gasteiger partial charge in [0.05, 0.1) is 17.9 Å². The molecule has 7 nitrogen and oxygen atoms in total. The molecular formula is C24H20F2N4O3. The minimum absolute atomic E-state index is 0.137. The van der Waals surface area contributed by atoms with E-state index in [1.807, 2.05) is 0 Å². The Hall–Kier alpha value is -4.14. The number of carbonyl (C=O) groups is 3. The molecule has 4 amide bonds. The summed E-state index contributed by atoms with van der Waals surface area (Å²) in [6.07, 6.45) is 1.52. The van der Waals surface area contributed by atoms with Crippen molar-refractivity contribution in [1.82, 2.24) is 15.2 Å². The molecule has 9 heteroatoms. The Labute approximate surface area is 188 Å². The van der Waals surface area contributed by atoms with E-state index in [0.717, 1.165) is 21.9 Å². The molecule has 168 valence electrons. The summed E-state index contributed by atoms with van der Waals surface area (Å²) in [5.41, 5.74) is -0.523. The van der Waals surface area contributed by atoms with Crippen molar-refractivity contribution in [3.05, 3.63) is 95.8 Å². The average molecular weight is 450 g/mol. The number of imide groups is 1. The van der Waals surface area contributed by atoms with E-state index in [-0.39, 0.29) is 12.2 Å². The number of pyridine rings is 1. The summed E-state index contributed by atoms with van der Waals surface area (Å²) in [5.74, 6) is -3.09. The fraction of sp³-hybridized carbons (Fsp3) is 0.167. The molecule has 1 fully saturated rings. The lowest BCUT2D eigenvalue weighted by Gasteiger charge is -2.26. The first kappa shape index (κ1) is 22.1. The number of nitrogens with zero attached hydrogens (tertiary/aromatic N) is 3. The van der Waals surface area contributed by atoms with Crippen molar-refractivity contribution in [2.24, 2.45) is 0 Å². The molecule has 0 bridgehead atoms. The first-order valence-electron chi connectivity index (χ1n) is 10.1. The SMILES string of the molecule is CC1(c2ccccc2)NC(=O)N(CC(=O)N(Cc2ccccn2)c2ccc(F)cc2F)C1=O. The van der Waals surface area contributed by atoms with E-state index in [4.69, 9.17) is 0 Å². The Balaban J connectivity index is 1.63. The van der Waals surface area contributed by atoms with Gasteiger partial charge < -0.3 is 10.2 Å². The predicted molar refractivity (Wildman–Crippen MR) is 116 cm³/mol. The quantitative estimate of drug-likeness (QED) is 0.584. The van der Waals surface area contributed by atoms with Gasteiger partial charge in [0, 0.05) is 12.3 Å². The van der Waals surface area contributed by atoms with Crippen LogP contribution in [-0.4, -0.2) is 34.3 Å². The molecule has 1 atom stereocenters. The van der Waals surface area contributed by atoms with E-state index in [1.54, 1.807) is 55.5 Å². The molecule has 1 aliphatic heterocycles. The zero-order valence-corrected chi connectivity index (χ0v) is 17.7. The molecule has 1 saturated heterocycles. The van der Waals surface area contributed by atoms with Crippen LogP contribution in [0, 0.1) is 11.6 Å². The molecule has 0 aliphatic carbocycles. The lowest BCUT2D eigenvalue weighted by molar-refractivity contribution is -0.134. The smallest absolute Gasteiger partial charge is 0.319 e. The number of nitrogens with one attached hydrogen (secondary N) is 1. The van der Waals surface area contributed by atoms with Gasteiger partial charge in [-0.05, 0) is 36.8 Å². The maximum Gasteiger partial charge on any atom is 0.325 e. The number of rotatable bonds is 6. The molecule has 1 aliphatic rings. The monoisotopic (exact) mass is 450 g/mol. The van der Waals surface area contributed by atoms with Crippen LogP contribution in [0.15, 0.2) is 72.9 Å². The van der Waals surface area contributed by atoms with Gasteiger partial charge in [-0.25, -0.2) is 13.6 Å². The largest absolute Gasteiger partial charge is 0.325 e. The number of anilines is 1. The standard InChI is InChI=1S/C24H20F2N4O3/c1-24(16-7-3-2-4-8-16)22(32)30(23(33)28-24)15-21(31)29(14-18-9-5-6-12-27-18)20-11-10-17(25)13-19(20)26/h2-13H,14-15H2,1H3,(H,28,33). The predicted octanol–water partition coefficient (Wildman–Crippen LogP) is 3.36. The van der Waals surface area contributed by atoms with E-state index in [9.17, 15) is 23.2 Å². The van der Waals surface area contributed by atoms with Gasteiger partial charge in [-0.1, -0.05) is 36.4 Å². The van der Waals surface area contributed by atoms with Crippen molar-refractivity contribution >= 4 is 23.5 Å². The Morgan fingerprint density at radius 3 is 2.45 bits per heavy atom. The van der Waals surface area contributed by atoms with Crippen LogP contribution in [0.4, 0.5) is 19.3 Å². The van der Waals surface area contributed by atoms with Crippen molar-refractivity contribution in [3.8, 4) is 0 Å². The Bertz CT molecular complexity index is 1210. The fourth-order valence-corrected chi connectivity index (χ4v) is 3.69. The van der Waals surface area contributed by atoms with Crippen molar-refractivity contribution < 1.29 is 23.2 Å². The van der Waals surface area contributed by atoms with Gasteiger partial charge >= 0.3 is 6.03 Å². The first-order valence-corrected chi connectivity index (χ1v) is 10.1. The van der Waals surface area contributed by atoms with Gasteiger partial charge in [-0.15, -0.1) is 0 Å². The van der Waals surface area contributed by atoms with Crippen LogP contribution in [0.5, 0.6) is 0 Å². The van der Waals surface area contributed by atoms with Crippen molar-refractivity contribution in [3.63, 3.8) is 0 Å². The zero-order chi connectivity index (χ0) is 23.6. The van der Waals surface area contributed by atoms with Crippen molar-refractivity contribution in [2.75, 3.05) is 11.4 Å². The number of carbonyl (C=O) groups excluding carboxylic acids is 3. The lowest BCUT2D eigenvalue weighted by Crippen LogP contribution is -2.44. The molecule has 1 N–H and O–H groups in total. The highest BCUT2D eigenvalue weighted by Crippen LogP contribution is 2.29. The van der Waals surface area contributed by atoms with E-state index in [1.165, 1.54) is 6.20 Å². The van der Waals surface area contributed by atoms with Crippen LogP contribution in [0.3, 0.4) is 0 Å². The average Bonchev–Trinajstić information content (AvgIpc) is 3.03. The third kappa shape index (κ3) is 4.30. The fourth-order valence-electron chi connectivity index (χ4n) is 3.69. The van der Waals surface area contributed by atoms with Gasteiger partial charge in [0.2, 0.25) is 5.91 Å². The maximum absolute atomic E-state index is 14.6. The van der Waals surface area contributed by atoms with Gasteiger partial charge in [-0.2, -0.15) is 0 Å². The number of hydrogen-bond donors (Lipinski definition) is 1. The molecule has 2 heterocycles. The lowest BCUT2D eigenvalue weighted by atomic mass is 9.92. The summed E-state index contributed by atoms with van der Waals surface area (Å²) >= 11 is 0. The minimum Gasteiger partial charge on any atom is -0.319 e. The minimum atomic E-state index is -1.34. The zero-order valence-electron chi connectivity index (χ0n) is 17.7. The van der Waals surface area contributed by atoms with Gasteiger partial charge in [-0.3, -0.25) is 19.5 Å². The van der Waals surface area contributed by atoms with E-state index >= 15 is 0 Å². The Kier molecular flexibility index (Phi) is 5.87. The summed E-state index contributed by atoms with van der Waals surface area (Å²) in [6.45, 7) is 0.789. The molecule has 4 rings (SSSR count). The number of hydrogen-bond acceptors (Lipinski definition) is 4. The van der Waals surface area contributed by atoms with Crippen LogP contribution in [0.25, 0.3) is 0 Å². The molecule has 1 unspecified atom stereocenters. The molecule has 0 saturated carbocycles. The summed E-state index contributed by atoms with van der Waals surface area (Å²) in [7, 11) is 0. The molecule has 0 spiro atoms. The topological polar surface area (TPSA) is 82.6 Å². The number of amides is 4.